The molecule has 1 N–H and O–H groups in total. The maximum absolute atomic E-state index is 13.9. The molecule has 1 saturated heterocycles. The molecule has 1 amide bonds. The van der Waals surface area contributed by atoms with Gasteiger partial charge in [0, 0.05) is 42.3 Å². The zero-order chi connectivity index (χ0) is 28.7. The second-order valence-corrected chi connectivity index (χ2v) is 10.8. The molecule has 0 spiro atoms. The number of fused-ring (bicyclic) bond motifs is 1. The maximum Gasteiger partial charge on any atom is 0.333 e. The number of imidazole rings is 1. The Morgan fingerprint density at radius 3 is 2.30 bits per heavy atom. The molecule has 1 aliphatic rings. The normalized spacial score (nSPS) is 14.9. The van der Waals surface area contributed by atoms with Crippen LogP contribution in [0.3, 0.4) is 0 Å². The van der Waals surface area contributed by atoms with E-state index in [1.807, 2.05) is 6.92 Å². The monoisotopic (exact) mass is 583 g/mol. The van der Waals surface area contributed by atoms with Gasteiger partial charge in [0.1, 0.15) is 12.4 Å². The average Bonchev–Trinajstić information content (AvgIpc) is 3.31. The molecule has 0 bridgehead atoms. The summed E-state index contributed by atoms with van der Waals surface area (Å²) in [6.45, 7) is 3.67. The number of piperidine rings is 1. The highest BCUT2D eigenvalue weighted by Gasteiger charge is 2.31. The van der Waals surface area contributed by atoms with Gasteiger partial charge in [0.05, 0.1) is 5.02 Å². The van der Waals surface area contributed by atoms with Gasteiger partial charge >= 0.3 is 11.7 Å². The van der Waals surface area contributed by atoms with E-state index in [2.05, 4.69) is 0 Å². The molecular weight excluding hydrogens is 557 g/mol. The Morgan fingerprint density at radius 2 is 1.70 bits per heavy atom. The molecule has 1 aliphatic heterocycles. The van der Waals surface area contributed by atoms with Gasteiger partial charge in [-0.15, -0.1) is 0 Å². The SMILES string of the molecule is CC(=O)N1CCC(C(C)n2c(=O)n(CC(=O)O)c(=O)c3c2nc(-c2ccccc2Cl)n3-c2ccc(Cl)cc2)CC1. The number of benzene rings is 2. The van der Waals surface area contributed by atoms with Crippen LogP contribution in [0, 0.1) is 5.92 Å². The van der Waals surface area contributed by atoms with Gasteiger partial charge in [-0.3, -0.25) is 23.5 Å². The van der Waals surface area contributed by atoms with Crippen molar-refractivity contribution in [2.24, 2.45) is 5.92 Å². The van der Waals surface area contributed by atoms with Gasteiger partial charge in [-0.25, -0.2) is 14.3 Å². The number of rotatable bonds is 6. The van der Waals surface area contributed by atoms with E-state index in [0.717, 1.165) is 4.57 Å². The lowest BCUT2D eigenvalue weighted by Gasteiger charge is -2.35. The van der Waals surface area contributed by atoms with Crippen LogP contribution < -0.4 is 11.2 Å². The average molecular weight is 584 g/mol. The molecule has 1 fully saturated rings. The first-order chi connectivity index (χ1) is 19.1. The summed E-state index contributed by atoms with van der Waals surface area (Å²) in [5, 5.41) is 10.5. The van der Waals surface area contributed by atoms with Crippen LogP contribution in [-0.4, -0.2) is 53.7 Å². The van der Waals surface area contributed by atoms with Crippen molar-refractivity contribution in [2.75, 3.05) is 13.1 Å². The molecule has 12 heteroatoms. The van der Waals surface area contributed by atoms with Gasteiger partial charge in [0.15, 0.2) is 11.2 Å². The fourth-order valence-electron chi connectivity index (χ4n) is 5.42. The van der Waals surface area contributed by atoms with Crippen molar-refractivity contribution < 1.29 is 14.7 Å². The standard InChI is InChI=1S/C28H27Cl2N5O5/c1-16(18-11-13-32(14-12-18)17(2)36)34-26-24(27(39)33(28(34)40)15-23(37)38)35(20-9-7-19(29)8-10-20)25(31-26)21-5-3-4-6-22(21)30/h3-10,16,18H,11-15H2,1-2H3,(H,37,38). The molecule has 208 valence electrons. The Morgan fingerprint density at radius 1 is 1.05 bits per heavy atom. The number of carbonyl (C=O) groups excluding carboxylic acids is 1. The number of likely N-dealkylation sites (tertiary alicyclic amines) is 1. The zero-order valence-corrected chi connectivity index (χ0v) is 23.4. The maximum atomic E-state index is 13.9. The van der Waals surface area contributed by atoms with Crippen LogP contribution in [0.5, 0.6) is 0 Å². The van der Waals surface area contributed by atoms with E-state index in [9.17, 15) is 24.3 Å². The number of hydrogen-bond donors (Lipinski definition) is 1. The minimum absolute atomic E-state index is 0.00763. The minimum Gasteiger partial charge on any atom is -0.480 e. The number of aliphatic carboxylic acids is 1. The molecule has 0 radical (unpaired) electrons. The number of amides is 1. The Balaban J connectivity index is 1.83. The van der Waals surface area contributed by atoms with Gasteiger partial charge < -0.3 is 10.0 Å². The van der Waals surface area contributed by atoms with Crippen molar-refractivity contribution in [3.63, 3.8) is 0 Å². The number of hydrogen-bond acceptors (Lipinski definition) is 5. The predicted octanol–water partition coefficient (Wildman–Crippen LogP) is 4.23. The number of nitrogens with zero attached hydrogens (tertiary/aromatic N) is 5. The van der Waals surface area contributed by atoms with Gasteiger partial charge in [0.25, 0.3) is 5.56 Å². The van der Waals surface area contributed by atoms with E-state index in [1.54, 1.807) is 58.0 Å². The molecule has 5 rings (SSSR count). The van der Waals surface area contributed by atoms with Gasteiger partial charge in [-0.05, 0) is 62.1 Å². The quantitative estimate of drug-likeness (QED) is 0.363. The van der Waals surface area contributed by atoms with Crippen LogP contribution in [-0.2, 0) is 16.1 Å². The molecular formula is C28H27Cl2N5O5. The number of halogens is 2. The Labute approximate surface area is 239 Å². The molecule has 2 aromatic carbocycles. The van der Waals surface area contributed by atoms with Crippen molar-refractivity contribution in [2.45, 2.75) is 39.3 Å². The van der Waals surface area contributed by atoms with Crippen molar-refractivity contribution in [1.29, 1.82) is 0 Å². The van der Waals surface area contributed by atoms with Crippen molar-refractivity contribution in [3.8, 4) is 17.1 Å². The molecule has 1 atom stereocenters. The third-order valence-corrected chi connectivity index (χ3v) is 8.12. The van der Waals surface area contributed by atoms with Gasteiger partial charge in [0.2, 0.25) is 5.91 Å². The summed E-state index contributed by atoms with van der Waals surface area (Å²) in [5.41, 5.74) is -0.297. The third kappa shape index (κ3) is 4.93. The first-order valence-corrected chi connectivity index (χ1v) is 13.6. The fraction of sp³-hybridized carbons (Fsp3) is 0.321. The molecule has 4 aromatic rings. The lowest BCUT2D eigenvalue weighted by atomic mass is 9.90. The van der Waals surface area contributed by atoms with Crippen molar-refractivity contribution >= 4 is 46.2 Å². The van der Waals surface area contributed by atoms with Crippen molar-refractivity contribution in [1.82, 2.24) is 23.6 Å². The Hall–Kier alpha value is -3.89. The highest BCUT2D eigenvalue weighted by atomic mass is 35.5. The highest BCUT2D eigenvalue weighted by molar-refractivity contribution is 6.33. The topological polar surface area (TPSA) is 119 Å². The largest absolute Gasteiger partial charge is 0.480 e. The highest BCUT2D eigenvalue weighted by Crippen LogP contribution is 2.34. The summed E-state index contributed by atoms with van der Waals surface area (Å²) in [5.74, 6) is -1.03. The van der Waals surface area contributed by atoms with Crippen LogP contribution in [0.2, 0.25) is 10.0 Å². The first-order valence-electron chi connectivity index (χ1n) is 12.8. The second-order valence-electron chi connectivity index (χ2n) is 9.92. The molecule has 0 aliphatic carbocycles. The molecule has 1 unspecified atom stereocenters. The second kappa shape index (κ2) is 10.9. The number of aromatic nitrogens is 4. The summed E-state index contributed by atoms with van der Waals surface area (Å²) in [6.07, 6.45) is 1.28. The molecule has 40 heavy (non-hydrogen) atoms. The first kappa shape index (κ1) is 27.7. The summed E-state index contributed by atoms with van der Waals surface area (Å²) in [4.78, 5) is 57.9. The summed E-state index contributed by atoms with van der Waals surface area (Å²) >= 11 is 12.7. The van der Waals surface area contributed by atoms with Crippen LogP contribution in [0.15, 0.2) is 58.1 Å². The Bertz CT molecular complexity index is 1730. The van der Waals surface area contributed by atoms with Crippen LogP contribution in [0.25, 0.3) is 28.2 Å². The van der Waals surface area contributed by atoms with E-state index >= 15 is 0 Å². The molecule has 10 nitrogen and oxygen atoms in total. The fourth-order valence-corrected chi connectivity index (χ4v) is 5.76. The van der Waals surface area contributed by atoms with Gasteiger partial charge in [-0.2, -0.15) is 0 Å². The number of carbonyl (C=O) groups is 2. The summed E-state index contributed by atoms with van der Waals surface area (Å²) in [6, 6.07) is 13.3. The molecule has 0 saturated carbocycles. The summed E-state index contributed by atoms with van der Waals surface area (Å²) in [7, 11) is 0. The zero-order valence-electron chi connectivity index (χ0n) is 21.9. The smallest absolute Gasteiger partial charge is 0.333 e. The lowest BCUT2D eigenvalue weighted by Crippen LogP contribution is -2.45. The number of carboxylic acid groups (broad SMARTS) is 1. The Kier molecular flexibility index (Phi) is 7.57. The van der Waals surface area contributed by atoms with E-state index < -0.39 is 29.8 Å². The van der Waals surface area contributed by atoms with Gasteiger partial charge in [-0.1, -0.05) is 35.3 Å². The van der Waals surface area contributed by atoms with E-state index in [1.165, 1.54) is 11.5 Å². The van der Waals surface area contributed by atoms with E-state index in [0.29, 0.717) is 53.1 Å². The molecule has 2 aromatic heterocycles. The van der Waals surface area contributed by atoms with E-state index in [4.69, 9.17) is 28.2 Å². The summed E-state index contributed by atoms with van der Waals surface area (Å²) < 4.78 is 3.74. The third-order valence-electron chi connectivity index (χ3n) is 7.54. The van der Waals surface area contributed by atoms with E-state index in [-0.39, 0.29) is 23.0 Å². The predicted molar refractivity (Wildman–Crippen MR) is 152 cm³/mol. The minimum atomic E-state index is -1.32. The lowest BCUT2D eigenvalue weighted by molar-refractivity contribution is -0.137. The number of carboxylic acids is 1. The van der Waals surface area contributed by atoms with Crippen molar-refractivity contribution in [3.05, 3.63) is 79.4 Å². The molecule has 3 heterocycles. The van der Waals surface area contributed by atoms with Crippen LogP contribution in [0.4, 0.5) is 0 Å². The van der Waals surface area contributed by atoms with Crippen LogP contribution in [0.1, 0.15) is 32.7 Å². The van der Waals surface area contributed by atoms with Crippen LogP contribution >= 0.6 is 23.2 Å².